The van der Waals surface area contributed by atoms with Crippen LogP contribution in [0.25, 0.3) is 22.7 Å². The summed E-state index contributed by atoms with van der Waals surface area (Å²) >= 11 is 0. The van der Waals surface area contributed by atoms with E-state index in [1.165, 1.54) is 6.20 Å². The summed E-state index contributed by atoms with van der Waals surface area (Å²) in [7, 11) is 0. The Balaban J connectivity index is 2.17. The van der Waals surface area contributed by atoms with E-state index in [0.29, 0.717) is 22.7 Å². The molecule has 4 nitrogen and oxygen atoms in total. The highest BCUT2D eigenvalue weighted by Gasteiger charge is 2.08. The monoisotopic (exact) mass is 224 g/mol. The van der Waals surface area contributed by atoms with Gasteiger partial charge in [-0.1, -0.05) is 18.2 Å². The van der Waals surface area contributed by atoms with Crippen LogP contribution in [0.2, 0.25) is 0 Å². The molecular weight excluding hydrogens is 216 g/mol. The number of hydrogen-bond donors (Lipinski definition) is 0. The second-order valence-electron chi connectivity index (χ2n) is 3.60. The van der Waals surface area contributed by atoms with Crippen LogP contribution < -0.4 is 0 Å². The van der Waals surface area contributed by atoms with Gasteiger partial charge in [0, 0.05) is 17.3 Å². The molecule has 0 aliphatic rings. The van der Waals surface area contributed by atoms with Crippen LogP contribution in [-0.4, -0.2) is 16.3 Å². The summed E-state index contributed by atoms with van der Waals surface area (Å²) in [5, 5.41) is 0. The minimum atomic E-state index is 0.439. The fourth-order valence-electron chi connectivity index (χ4n) is 1.61. The Bertz CT molecular complexity index is 674. The first-order chi connectivity index (χ1) is 8.36. The third-order valence-corrected chi connectivity index (χ3v) is 2.43. The molecule has 0 unspecified atom stereocenters. The average molecular weight is 224 g/mol. The number of nitrogens with zero attached hydrogens (tertiary/aromatic N) is 2. The molecule has 0 atom stereocenters. The smallest absolute Gasteiger partial charge is 0.247 e. The number of pyridine rings is 1. The number of carbonyl (C=O) groups is 1. The number of benzene rings is 1. The zero-order valence-electron chi connectivity index (χ0n) is 8.83. The van der Waals surface area contributed by atoms with Crippen molar-refractivity contribution in [2.24, 2.45) is 0 Å². The molecule has 0 spiro atoms. The summed E-state index contributed by atoms with van der Waals surface area (Å²) in [4.78, 5) is 19.0. The van der Waals surface area contributed by atoms with E-state index in [1.807, 2.05) is 30.3 Å². The zero-order valence-corrected chi connectivity index (χ0v) is 8.83. The van der Waals surface area contributed by atoms with E-state index in [2.05, 4.69) is 9.97 Å². The average Bonchev–Trinajstić information content (AvgIpc) is 2.82. The van der Waals surface area contributed by atoms with Gasteiger partial charge >= 0.3 is 0 Å². The van der Waals surface area contributed by atoms with Crippen LogP contribution in [0.3, 0.4) is 0 Å². The lowest BCUT2D eigenvalue weighted by molar-refractivity contribution is 0.112. The van der Waals surface area contributed by atoms with Gasteiger partial charge in [-0.25, -0.2) is 9.97 Å². The molecule has 0 fully saturated rings. The molecule has 1 aromatic carbocycles. The second kappa shape index (κ2) is 3.83. The molecule has 3 aromatic rings. The zero-order chi connectivity index (χ0) is 11.7. The molecule has 0 saturated carbocycles. The van der Waals surface area contributed by atoms with Gasteiger partial charge in [0.05, 0.1) is 0 Å². The van der Waals surface area contributed by atoms with E-state index >= 15 is 0 Å². The van der Waals surface area contributed by atoms with Crippen molar-refractivity contribution in [1.82, 2.24) is 9.97 Å². The van der Waals surface area contributed by atoms with Crippen LogP contribution in [-0.2, 0) is 0 Å². The highest BCUT2D eigenvalue weighted by Crippen LogP contribution is 2.22. The lowest BCUT2D eigenvalue weighted by atomic mass is 10.2. The summed E-state index contributed by atoms with van der Waals surface area (Å²) in [5.41, 5.74) is 2.41. The van der Waals surface area contributed by atoms with Gasteiger partial charge in [-0.2, -0.15) is 0 Å². The Morgan fingerprint density at radius 2 is 2.00 bits per heavy atom. The molecule has 4 heteroatoms. The van der Waals surface area contributed by atoms with Crippen molar-refractivity contribution >= 4 is 17.5 Å². The van der Waals surface area contributed by atoms with Crippen LogP contribution in [0.15, 0.2) is 47.0 Å². The number of aromatic nitrogens is 2. The predicted molar refractivity (Wildman–Crippen MR) is 62.6 cm³/mol. The molecular formula is C13H8N2O2. The molecule has 2 heterocycles. The molecule has 0 radical (unpaired) electrons. The molecule has 0 N–H and O–H groups in total. The van der Waals surface area contributed by atoms with Crippen molar-refractivity contribution in [2.75, 3.05) is 0 Å². The van der Waals surface area contributed by atoms with Gasteiger partial charge in [0.15, 0.2) is 6.29 Å². The molecule has 0 saturated heterocycles. The summed E-state index contributed by atoms with van der Waals surface area (Å²) in [6.45, 7) is 0. The van der Waals surface area contributed by atoms with Crippen molar-refractivity contribution in [3.05, 3.63) is 48.2 Å². The summed E-state index contributed by atoms with van der Waals surface area (Å²) < 4.78 is 5.52. The molecule has 0 bridgehead atoms. The van der Waals surface area contributed by atoms with Crippen LogP contribution in [0.4, 0.5) is 0 Å². The van der Waals surface area contributed by atoms with Crippen LogP contribution in [0.5, 0.6) is 0 Å². The van der Waals surface area contributed by atoms with Crippen molar-refractivity contribution in [3.63, 3.8) is 0 Å². The number of rotatable bonds is 2. The number of aldehydes is 1. The van der Waals surface area contributed by atoms with Gasteiger partial charge in [-0.05, 0) is 18.2 Å². The SMILES string of the molecule is O=Cc1cnc2oc(-c3ccccc3)nc2c1. The number of fused-ring (bicyclic) bond motifs is 1. The van der Waals surface area contributed by atoms with E-state index in [1.54, 1.807) is 6.07 Å². The van der Waals surface area contributed by atoms with Gasteiger partial charge < -0.3 is 4.42 Å². The Kier molecular flexibility index (Phi) is 2.19. The van der Waals surface area contributed by atoms with Gasteiger partial charge in [0.2, 0.25) is 11.6 Å². The molecule has 17 heavy (non-hydrogen) atoms. The molecule has 82 valence electrons. The van der Waals surface area contributed by atoms with Crippen LogP contribution in [0, 0.1) is 0 Å². The standard InChI is InChI=1S/C13H8N2O2/c16-8-9-6-11-13(14-7-9)17-12(15-11)10-4-2-1-3-5-10/h1-8H. The first kappa shape index (κ1) is 9.72. The Labute approximate surface area is 96.9 Å². The summed E-state index contributed by atoms with van der Waals surface area (Å²) in [6.07, 6.45) is 2.21. The predicted octanol–water partition coefficient (Wildman–Crippen LogP) is 2.70. The maximum Gasteiger partial charge on any atom is 0.247 e. The second-order valence-corrected chi connectivity index (χ2v) is 3.60. The minimum absolute atomic E-state index is 0.439. The summed E-state index contributed by atoms with van der Waals surface area (Å²) in [5.74, 6) is 0.510. The minimum Gasteiger partial charge on any atom is -0.418 e. The first-order valence-corrected chi connectivity index (χ1v) is 5.14. The van der Waals surface area contributed by atoms with Crippen molar-refractivity contribution in [1.29, 1.82) is 0 Å². The molecule has 0 aliphatic heterocycles. The number of carbonyl (C=O) groups excluding carboxylic acids is 1. The molecule has 0 amide bonds. The third-order valence-electron chi connectivity index (χ3n) is 2.43. The summed E-state index contributed by atoms with van der Waals surface area (Å²) in [6, 6.07) is 11.2. The first-order valence-electron chi connectivity index (χ1n) is 5.14. The molecule has 3 rings (SSSR count). The fourth-order valence-corrected chi connectivity index (χ4v) is 1.61. The van der Waals surface area contributed by atoms with E-state index in [9.17, 15) is 4.79 Å². The van der Waals surface area contributed by atoms with Crippen LogP contribution >= 0.6 is 0 Å². The Hall–Kier alpha value is -2.49. The highest BCUT2D eigenvalue weighted by atomic mass is 16.4. The maximum atomic E-state index is 10.6. The lowest BCUT2D eigenvalue weighted by Crippen LogP contribution is -1.81. The van der Waals surface area contributed by atoms with Crippen molar-refractivity contribution in [3.8, 4) is 11.5 Å². The van der Waals surface area contributed by atoms with Gasteiger partial charge in [-0.3, -0.25) is 4.79 Å². The van der Waals surface area contributed by atoms with Gasteiger partial charge in [0.1, 0.15) is 5.52 Å². The third kappa shape index (κ3) is 1.69. The fraction of sp³-hybridized carbons (Fsp3) is 0. The lowest BCUT2D eigenvalue weighted by Gasteiger charge is -1.91. The van der Waals surface area contributed by atoms with Crippen molar-refractivity contribution in [2.45, 2.75) is 0 Å². The van der Waals surface area contributed by atoms with Crippen molar-refractivity contribution < 1.29 is 9.21 Å². The van der Waals surface area contributed by atoms with E-state index < -0.39 is 0 Å². The molecule has 2 aromatic heterocycles. The maximum absolute atomic E-state index is 10.6. The topological polar surface area (TPSA) is 56.0 Å². The normalized spacial score (nSPS) is 10.6. The van der Waals surface area contributed by atoms with E-state index in [-0.39, 0.29) is 0 Å². The number of oxazole rings is 1. The highest BCUT2D eigenvalue weighted by molar-refractivity contribution is 5.82. The van der Waals surface area contributed by atoms with Gasteiger partial charge in [0.25, 0.3) is 0 Å². The number of hydrogen-bond acceptors (Lipinski definition) is 4. The van der Waals surface area contributed by atoms with E-state index in [0.717, 1.165) is 11.8 Å². The van der Waals surface area contributed by atoms with Gasteiger partial charge in [-0.15, -0.1) is 0 Å². The largest absolute Gasteiger partial charge is 0.418 e. The van der Waals surface area contributed by atoms with Crippen LogP contribution in [0.1, 0.15) is 10.4 Å². The van der Waals surface area contributed by atoms with E-state index in [4.69, 9.17) is 4.42 Å². The Morgan fingerprint density at radius 1 is 1.18 bits per heavy atom. The Morgan fingerprint density at radius 3 is 2.76 bits per heavy atom. The molecule has 0 aliphatic carbocycles. The quantitative estimate of drug-likeness (QED) is 0.628.